The molecule has 1 aliphatic rings. The third kappa shape index (κ3) is 2.56. The fourth-order valence-electron chi connectivity index (χ4n) is 2.80. The predicted molar refractivity (Wildman–Crippen MR) is 74.0 cm³/mol. The van der Waals surface area contributed by atoms with Gasteiger partial charge in [0.15, 0.2) is 0 Å². The van der Waals surface area contributed by atoms with E-state index in [1.807, 2.05) is 26.0 Å². The molecule has 2 nitrogen and oxygen atoms in total. The molecule has 1 fully saturated rings. The molecule has 0 bridgehead atoms. The average molecular weight is 269 g/mol. The Hall–Kier alpha value is -0.570. The number of aliphatic hydroxyl groups excluding tert-OH is 1. The third-order valence-electron chi connectivity index (χ3n) is 3.93. The average Bonchev–Trinajstić information content (AvgIpc) is 2.81. The number of hydrogen-bond donors (Lipinski definition) is 1. The fourth-order valence-corrected chi connectivity index (χ4v) is 3.02. The van der Waals surface area contributed by atoms with Crippen molar-refractivity contribution in [1.29, 1.82) is 0 Å². The fraction of sp³-hybridized carbons (Fsp3) is 0.600. The van der Waals surface area contributed by atoms with Crippen molar-refractivity contribution in [3.63, 3.8) is 0 Å². The predicted octanol–water partition coefficient (Wildman–Crippen LogP) is 3.81. The molecule has 18 heavy (non-hydrogen) atoms. The largest absolute Gasteiger partial charge is 0.388 e. The Balaban J connectivity index is 2.28. The summed E-state index contributed by atoms with van der Waals surface area (Å²) in [4.78, 5) is 0. The van der Waals surface area contributed by atoms with Crippen molar-refractivity contribution in [1.82, 2.24) is 0 Å². The van der Waals surface area contributed by atoms with Crippen LogP contribution in [0.3, 0.4) is 0 Å². The molecular formula is C15H21ClO2. The third-order valence-corrected chi connectivity index (χ3v) is 4.34. The van der Waals surface area contributed by atoms with Gasteiger partial charge in [0, 0.05) is 17.5 Å². The Morgan fingerprint density at radius 3 is 2.78 bits per heavy atom. The summed E-state index contributed by atoms with van der Waals surface area (Å²) in [7, 11) is 0. The van der Waals surface area contributed by atoms with E-state index in [4.69, 9.17) is 16.3 Å². The van der Waals surface area contributed by atoms with E-state index in [0.717, 1.165) is 41.2 Å². The van der Waals surface area contributed by atoms with E-state index in [1.165, 1.54) is 0 Å². The zero-order chi connectivity index (χ0) is 13.3. The lowest BCUT2D eigenvalue weighted by atomic mass is 9.86. The van der Waals surface area contributed by atoms with Gasteiger partial charge in [0.05, 0.1) is 12.2 Å². The first-order valence-electron chi connectivity index (χ1n) is 6.61. The van der Waals surface area contributed by atoms with Crippen LogP contribution in [-0.4, -0.2) is 17.8 Å². The highest BCUT2D eigenvalue weighted by atomic mass is 35.5. The Morgan fingerprint density at radius 2 is 2.11 bits per heavy atom. The van der Waals surface area contributed by atoms with Gasteiger partial charge in [0.25, 0.3) is 0 Å². The normalized spacial score (nSPS) is 25.4. The van der Waals surface area contributed by atoms with Crippen LogP contribution in [0.5, 0.6) is 0 Å². The number of hydrogen-bond acceptors (Lipinski definition) is 2. The number of halogens is 1. The van der Waals surface area contributed by atoms with E-state index in [9.17, 15) is 5.11 Å². The van der Waals surface area contributed by atoms with Crippen LogP contribution in [-0.2, 0) is 4.74 Å². The monoisotopic (exact) mass is 268 g/mol. The van der Waals surface area contributed by atoms with Gasteiger partial charge in [-0.3, -0.25) is 0 Å². The maximum atomic E-state index is 10.6. The topological polar surface area (TPSA) is 29.5 Å². The summed E-state index contributed by atoms with van der Waals surface area (Å²) in [6, 6.07) is 3.94. The second kappa shape index (κ2) is 5.60. The molecule has 0 saturated carbocycles. The maximum absolute atomic E-state index is 10.6. The van der Waals surface area contributed by atoms with Crippen molar-refractivity contribution < 1.29 is 9.84 Å². The molecule has 0 spiro atoms. The van der Waals surface area contributed by atoms with Crippen molar-refractivity contribution in [2.75, 3.05) is 6.61 Å². The van der Waals surface area contributed by atoms with Crippen LogP contribution in [0, 0.1) is 19.8 Å². The van der Waals surface area contributed by atoms with Gasteiger partial charge < -0.3 is 9.84 Å². The van der Waals surface area contributed by atoms with Crippen molar-refractivity contribution in [3.8, 4) is 0 Å². The lowest BCUT2D eigenvalue weighted by Crippen LogP contribution is -2.22. The summed E-state index contributed by atoms with van der Waals surface area (Å²) in [5.74, 6) is 0.203. The molecule has 100 valence electrons. The van der Waals surface area contributed by atoms with Gasteiger partial charge in [-0.05, 0) is 49.4 Å². The van der Waals surface area contributed by atoms with Crippen LogP contribution in [0.4, 0.5) is 0 Å². The summed E-state index contributed by atoms with van der Waals surface area (Å²) in [6.45, 7) is 6.84. The number of aliphatic hydroxyl groups is 1. The van der Waals surface area contributed by atoms with Crippen LogP contribution in [0.15, 0.2) is 12.1 Å². The molecule has 0 radical (unpaired) electrons. The molecular weight excluding hydrogens is 248 g/mol. The molecule has 1 N–H and O–H groups in total. The SMILES string of the molecule is CCC1OCCC1C(O)c1cc(C)c(Cl)cc1C. The number of rotatable bonds is 3. The van der Waals surface area contributed by atoms with Crippen molar-refractivity contribution >= 4 is 11.6 Å². The van der Waals surface area contributed by atoms with Crippen LogP contribution < -0.4 is 0 Å². The number of aryl methyl sites for hydroxylation is 2. The molecule has 1 heterocycles. The molecule has 0 aliphatic carbocycles. The highest BCUT2D eigenvalue weighted by Crippen LogP contribution is 2.37. The Labute approximate surface area is 114 Å². The zero-order valence-electron chi connectivity index (χ0n) is 11.2. The minimum absolute atomic E-state index is 0.176. The second-order valence-corrected chi connectivity index (χ2v) is 5.58. The van der Waals surface area contributed by atoms with E-state index >= 15 is 0 Å². The molecule has 1 aromatic carbocycles. The molecule has 2 rings (SSSR count). The highest BCUT2D eigenvalue weighted by Gasteiger charge is 2.34. The lowest BCUT2D eigenvalue weighted by molar-refractivity contribution is 0.0305. The zero-order valence-corrected chi connectivity index (χ0v) is 12.0. The molecule has 3 atom stereocenters. The van der Waals surface area contributed by atoms with Crippen LogP contribution in [0.1, 0.15) is 42.6 Å². The summed E-state index contributed by atoms with van der Waals surface area (Å²) < 4.78 is 5.67. The van der Waals surface area contributed by atoms with Gasteiger partial charge >= 0.3 is 0 Å². The van der Waals surface area contributed by atoms with Gasteiger partial charge in [-0.15, -0.1) is 0 Å². The number of benzene rings is 1. The Bertz CT molecular complexity index is 431. The summed E-state index contributed by atoms with van der Waals surface area (Å²) >= 11 is 6.10. The van der Waals surface area contributed by atoms with E-state index in [1.54, 1.807) is 0 Å². The highest BCUT2D eigenvalue weighted by molar-refractivity contribution is 6.31. The van der Waals surface area contributed by atoms with E-state index < -0.39 is 6.10 Å². The first-order valence-corrected chi connectivity index (χ1v) is 6.98. The van der Waals surface area contributed by atoms with Crippen molar-refractivity contribution in [3.05, 3.63) is 33.8 Å². The van der Waals surface area contributed by atoms with Gasteiger partial charge in [0.1, 0.15) is 0 Å². The van der Waals surface area contributed by atoms with Gasteiger partial charge in [-0.2, -0.15) is 0 Å². The Morgan fingerprint density at radius 1 is 1.39 bits per heavy atom. The van der Waals surface area contributed by atoms with E-state index in [-0.39, 0.29) is 12.0 Å². The molecule has 1 aromatic rings. The minimum atomic E-state index is -0.451. The van der Waals surface area contributed by atoms with Crippen molar-refractivity contribution in [2.45, 2.75) is 45.8 Å². The summed E-state index contributed by atoms with van der Waals surface area (Å²) in [5, 5.41) is 11.4. The van der Waals surface area contributed by atoms with Gasteiger partial charge in [-0.1, -0.05) is 24.6 Å². The molecule has 3 unspecified atom stereocenters. The van der Waals surface area contributed by atoms with Crippen LogP contribution in [0.2, 0.25) is 5.02 Å². The van der Waals surface area contributed by atoms with Gasteiger partial charge in [-0.25, -0.2) is 0 Å². The van der Waals surface area contributed by atoms with Crippen LogP contribution in [0.25, 0.3) is 0 Å². The summed E-state index contributed by atoms with van der Waals surface area (Å²) in [5.41, 5.74) is 3.06. The maximum Gasteiger partial charge on any atom is 0.0846 e. The van der Waals surface area contributed by atoms with E-state index in [2.05, 4.69) is 6.92 Å². The number of ether oxygens (including phenoxy) is 1. The molecule has 1 aliphatic heterocycles. The minimum Gasteiger partial charge on any atom is -0.388 e. The van der Waals surface area contributed by atoms with Crippen LogP contribution >= 0.6 is 11.6 Å². The van der Waals surface area contributed by atoms with E-state index in [0.29, 0.717) is 0 Å². The van der Waals surface area contributed by atoms with Gasteiger partial charge in [0.2, 0.25) is 0 Å². The molecule has 0 aromatic heterocycles. The van der Waals surface area contributed by atoms with Crippen molar-refractivity contribution in [2.24, 2.45) is 5.92 Å². The molecule has 3 heteroatoms. The smallest absolute Gasteiger partial charge is 0.0846 e. The summed E-state index contributed by atoms with van der Waals surface area (Å²) in [6.07, 6.45) is 1.61. The second-order valence-electron chi connectivity index (χ2n) is 5.17. The standard InChI is InChI=1S/C15H21ClO2/c1-4-14-11(5-6-18-14)15(17)12-7-10(3)13(16)8-9(12)2/h7-8,11,14-15,17H,4-6H2,1-3H3. The molecule has 0 amide bonds. The molecule has 1 saturated heterocycles. The quantitative estimate of drug-likeness (QED) is 0.903. The Kier molecular flexibility index (Phi) is 4.31. The first kappa shape index (κ1) is 13.9. The lowest BCUT2D eigenvalue weighted by Gasteiger charge is -2.24. The first-order chi connectivity index (χ1) is 8.54.